The summed E-state index contributed by atoms with van der Waals surface area (Å²) >= 11 is 1.30. The molecule has 6 amide bonds. The predicted molar refractivity (Wildman–Crippen MR) is 261 cm³/mol. The summed E-state index contributed by atoms with van der Waals surface area (Å²) in [4.78, 5) is 122. The van der Waals surface area contributed by atoms with Crippen LogP contribution in [0.2, 0.25) is 0 Å². The number of carboxylic acid groups (broad SMARTS) is 2. The smallest absolute Gasteiger partial charge is 0.323 e. The molecule has 0 fully saturated rings. The molecule has 4 aromatic carbocycles. The van der Waals surface area contributed by atoms with E-state index in [2.05, 4.69) is 31.6 Å². The number of rotatable bonds is 26. The zero-order valence-electron chi connectivity index (χ0n) is 38.2. The highest BCUT2D eigenvalue weighted by Gasteiger charge is 2.36. The first kappa shape index (κ1) is 53.6. The number of aromatic amines is 1. The van der Waals surface area contributed by atoms with Crippen LogP contribution in [-0.2, 0) is 57.6 Å². The lowest BCUT2D eigenvalue weighted by atomic mass is 10.0. The quantitative estimate of drug-likeness (QED) is 0.0278. The van der Waals surface area contributed by atoms with Gasteiger partial charge in [0.05, 0.1) is 23.9 Å². The normalized spacial score (nSPS) is 13.0. The lowest BCUT2D eigenvalue weighted by Gasteiger charge is -2.29. The second-order valence-corrected chi connectivity index (χ2v) is 17.2. The van der Waals surface area contributed by atoms with Gasteiger partial charge in [-0.25, -0.2) is 0 Å². The van der Waals surface area contributed by atoms with E-state index >= 15 is 0 Å². The predicted octanol–water partition coefficient (Wildman–Crippen LogP) is 1.54. The molecular formula is C48H53N9O13S. The Morgan fingerprint density at radius 2 is 1.31 bits per heavy atom. The minimum absolute atomic E-state index is 0.0287. The van der Waals surface area contributed by atoms with Gasteiger partial charge in [0.15, 0.2) is 0 Å². The van der Waals surface area contributed by atoms with E-state index < -0.39 is 113 Å². The van der Waals surface area contributed by atoms with Crippen LogP contribution < -0.4 is 37.2 Å². The summed E-state index contributed by atoms with van der Waals surface area (Å²) in [6, 6.07) is 18.8. The molecule has 5 atom stereocenters. The molecule has 0 saturated carbocycles. The standard InChI is InChI=1S/C48H53N9O13S/c1-71-20-19-35(53-46(66)36(23-30-25-50-34-12-6-5-11-32(30)34)52-41(59)26-51-44(64)33(49)21-29-15-17-31(58)18-16-29)45(65)54-37(24-42(60)61)47(67)55-38(22-28-9-3-2-4-10-28)48(68)56(27-43(62)63)39-13-7-8-14-40(39)57(69)70/h2-18,25,33,35-38,50,58H,19-24,26-27,49H2,1H3,(H,51,64)(H,52,59)(H,53,66)(H,54,65)(H,55,67)(H,60,61)(H,62,63)/t33-,35-,36-,37-,38-/m0/s1. The number of nitrogens with one attached hydrogen (secondary N) is 6. The summed E-state index contributed by atoms with van der Waals surface area (Å²) in [5, 5.41) is 54.5. The van der Waals surface area contributed by atoms with Gasteiger partial charge in [-0.1, -0.05) is 72.8 Å². The van der Waals surface area contributed by atoms with Gasteiger partial charge in [-0.2, -0.15) is 11.8 Å². The van der Waals surface area contributed by atoms with Gasteiger partial charge in [-0.15, -0.1) is 0 Å². The highest BCUT2D eigenvalue weighted by atomic mass is 32.2. The second kappa shape index (κ2) is 25.9. The number of carbonyl (C=O) groups excluding carboxylic acids is 6. The first-order valence-corrected chi connectivity index (χ1v) is 23.4. The van der Waals surface area contributed by atoms with Crippen molar-refractivity contribution in [3.63, 3.8) is 0 Å². The van der Waals surface area contributed by atoms with Gasteiger partial charge in [0.1, 0.15) is 42.1 Å². The minimum Gasteiger partial charge on any atom is -0.508 e. The van der Waals surface area contributed by atoms with Crippen LogP contribution in [0.25, 0.3) is 10.9 Å². The van der Waals surface area contributed by atoms with Crippen molar-refractivity contribution in [3.05, 3.63) is 136 Å². The van der Waals surface area contributed by atoms with Crippen molar-refractivity contribution in [2.24, 2.45) is 5.73 Å². The number of aromatic hydroxyl groups is 1. The summed E-state index contributed by atoms with van der Waals surface area (Å²) in [6.45, 7) is -1.66. The Morgan fingerprint density at radius 3 is 1.99 bits per heavy atom. The monoisotopic (exact) mass is 995 g/mol. The maximum absolute atomic E-state index is 14.3. The Morgan fingerprint density at radius 1 is 0.704 bits per heavy atom. The van der Waals surface area contributed by atoms with Gasteiger partial charge in [0.2, 0.25) is 29.5 Å². The van der Waals surface area contributed by atoms with Crippen molar-refractivity contribution in [3.8, 4) is 5.75 Å². The maximum atomic E-state index is 14.3. The molecule has 0 aliphatic heterocycles. The van der Waals surface area contributed by atoms with E-state index in [1.807, 2.05) is 0 Å². The number of benzene rings is 4. The average Bonchev–Trinajstić information content (AvgIpc) is 3.75. The fourth-order valence-corrected chi connectivity index (χ4v) is 7.93. The van der Waals surface area contributed by atoms with E-state index in [9.17, 15) is 63.8 Å². The van der Waals surface area contributed by atoms with Crippen molar-refractivity contribution < 1.29 is 58.6 Å². The number of nitrogens with zero attached hydrogens (tertiary/aromatic N) is 2. The van der Waals surface area contributed by atoms with Crippen molar-refractivity contribution in [2.45, 2.75) is 62.3 Å². The molecule has 5 rings (SSSR count). The van der Waals surface area contributed by atoms with Crippen molar-refractivity contribution in [1.29, 1.82) is 0 Å². The number of H-pyrrole nitrogens is 1. The minimum atomic E-state index is -1.90. The molecule has 0 aliphatic rings. The van der Waals surface area contributed by atoms with Crippen molar-refractivity contribution >= 4 is 81.4 Å². The third-order valence-electron chi connectivity index (χ3n) is 11.0. The number of amides is 6. The number of phenols is 1. The highest BCUT2D eigenvalue weighted by molar-refractivity contribution is 7.98. The number of nitro benzene ring substituents is 1. The van der Waals surface area contributed by atoms with Crippen LogP contribution >= 0.6 is 11.8 Å². The molecule has 0 bridgehead atoms. The summed E-state index contributed by atoms with van der Waals surface area (Å²) in [5.74, 6) is -8.45. The molecule has 0 radical (unpaired) electrons. The molecule has 11 N–H and O–H groups in total. The van der Waals surface area contributed by atoms with Gasteiger partial charge in [0, 0.05) is 36.0 Å². The lowest BCUT2D eigenvalue weighted by molar-refractivity contribution is -0.384. The summed E-state index contributed by atoms with van der Waals surface area (Å²) in [5.41, 5.74) is 7.51. The fourth-order valence-electron chi connectivity index (χ4n) is 7.46. The van der Waals surface area contributed by atoms with E-state index in [1.54, 1.807) is 79.2 Å². The number of anilines is 1. The topological polar surface area (TPSA) is 346 Å². The molecule has 71 heavy (non-hydrogen) atoms. The number of aromatic nitrogens is 1. The van der Waals surface area contributed by atoms with Crippen LogP contribution in [0.15, 0.2) is 109 Å². The Balaban J connectivity index is 1.37. The molecule has 23 heteroatoms. The molecule has 374 valence electrons. The second-order valence-electron chi connectivity index (χ2n) is 16.2. The number of fused-ring (bicyclic) bond motifs is 1. The SMILES string of the molecule is CSCC[C@H](NC(=O)[C@H](Cc1c[nH]c2ccccc12)NC(=O)CNC(=O)[C@@H](N)Cc1ccc(O)cc1)C(=O)N[C@@H](CC(=O)O)C(=O)N[C@@H](Cc1ccccc1)C(=O)N(CC(=O)O)c1ccccc1[N+](=O)[O-]. The molecule has 22 nitrogen and oxygen atoms in total. The Kier molecular flexibility index (Phi) is 19.6. The lowest BCUT2D eigenvalue weighted by Crippen LogP contribution is -2.59. The Bertz CT molecular complexity index is 2720. The molecule has 5 aromatic rings. The van der Waals surface area contributed by atoms with E-state index in [0.29, 0.717) is 21.6 Å². The third kappa shape index (κ3) is 15.9. The number of phenolic OH excluding ortho intramolecular Hbond substituents is 1. The van der Waals surface area contributed by atoms with E-state index in [4.69, 9.17) is 5.73 Å². The number of nitrogens with two attached hydrogens (primary N) is 1. The summed E-state index contributed by atoms with van der Waals surface area (Å²) in [7, 11) is 0. The maximum Gasteiger partial charge on any atom is 0.323 e. The van der Waals surface area contributed by atoms with Crippen LogP contribution in [0.1, 0.15) is 29.5 Å². The van der Waals surface area contributed by atoms with E-state index in [1.165, 1.54) is 36.0 Å². The molecule has 1 heterocycles. The third-order valence-corrected chi connectivity index (χ3v) is 11.6. The van der Waals surface area contributed by atoms with E-state index in [-0.39, 0.29) is 37.2 Å². The van der Waals surface area contributed by atoms with Crippen LogP contribution in [-0.4, -0.2) is 128 Å². The first-order chi connectivity index (χ1) is 33.9. The van der Waals surface area contributed by atoms with Gasteiger partial charge in [-0.05, 0) is 65.8 Å². The highest BCUT2D eigenvalue weighted by Crippen LogP contribution is 2.29. The summed E-state index contributed by atoms with van der Waals surface area (Å²) in [6.07, 6.45) is 1.96. The largest absolute Gasteiger partial charge is 0.508 e. The number of nitro groups is 1. The fraction of sp³-hybridized carbons (Fsp3) is 0.292. The number of carbonyl (C=O) groups is 8. The number of hydrogen-bond donors (Lipinski definition) is 10. The zero-order valence-corrected chi connectivity index (χ0v) is 39.1. The number of thioether (sulfide) groups is 1. The Labute approximate surface area is 410 Å². The zero-order chi connectivity index (χ0) is 51.6. The molecule has 0 saturated heterocycles. The molecule has 0 aliphatic carbocycles. The molecule has 0 unspecified atom stereocenters. The number of aliphatic carboxylic acids is 2. The number of carboxylic acids is 2. The van der Waals surface area contributed by atoms with Crippen molar-refractivity contribution in [2.75, 3.05) is 30.0 Å². The molecule has 0 spiro atoms. The number of para-hydroxylation sites is 3. The van der Waals surface area contributed by atoms with Crippen molar-refractivity contribution in [1.82, 2.24) is 31.6 Å². The Hall–Kier alpha value is -8.31. The average molecular weight is 996 g/mol. The molecular weight excluding hydrogens is 943 g/mol. The van der Waals surface area contributed by atoms with E-state index in [0.717, 1.165) is 23.0 Å². The van der Waals surface area contributed by atoms with Crippen LogP contribution in [0.3, 0.4) is 0 Å². The summed E-state index contributed by atoms with van der Waals surface area (Å²) < 4.78 is 0. The van der Waals surface area contributed by atoms with Crippen LogP contribution in [0, 0.1) is 10.1 Å². The van der Waals surface area contributed by atoms with Crippen LogP contribution in [0.4, 0.5) is 11.4 Å². The van der Waals surface area contributed by atoms with Gasteiger partial charge < -0.3 is 52.6 Å². The molecule has 1 aromatic heterocycles. The first-order valence-electron chi connectivity index (χ1n) is 22.0. The van der Waals surface area contributed by atoms with Gasteiger partial charge in [-0.3, -0.25) is 53.4 Å². The van der Waals surface area contributed by atoms with Gasteiger partial charge in [0.25, 0.3) is 11.6 Å². The van der Waals surface area contributed by atoms with Gasteiger partial charge >= 0.3 is 11.9 Å². The van der Waals surface area contributed by atoms with Crippen LogP contribution in [0.5, 0.6) is 5.75 Å². The number of hydrogen-bond acceptors (Lipinski definition) is 13.